The number of benzene rings is 1. The molecule has 0 radical (unpaired) electrons. The lowest BCUT2D eigenvalue weighted by Gasteiger charge is -2.18. The van der Waals surface area contributed by atoms with Gasteiger partial charge in [0.2, 0.25) is 0 Å². The molecule has 2 amide bonds. The molecule has 2 N–H and O–H groups in total. The lowest BCUT2D eigenvalue weighted by atomic mass is 10.0. The first-order chi connectivity index (χ1) is 11.6. The Labute approximate surface area is 137 Å². The molecule has 1 fully saturated rings. The minimum atomic E-state index is -0.625. The number of carbonyl (C=O) groups is 1. The Morgan fingerprint density at radius 3 is 2.92 bits per heavy atom. The van der Waals surface area contributed by atoms with Crippen molar-refractivity contribution < 1.29 is 13.6 Å². The highest BCUT2D eigenvalue weighted by molar-refractivity contribution is 5.74. The molecule has 1 heterocycles. The van der Waals surface area contributed by atoms with Crippen LogP contribution < -0.4 is 10.6 Å². The van der Waals surface area contributed by atoms with Gasteiger partial charge in [-0.15, -0.1) is 5.10 Å². The third-order valence-electron chi connectivity index (χ3n) is 3.91. The number of aromatic nitrogens is 4. The molecule has 1 aromatic carbocycles. The van der Waals surface area contributed by atoms with Crippen LogP contribution in [-0.4, -0.2) is 26.2 Å². The van der Waals surface area contributed by atoms with Crippen LogP contribution in [0.15, 0.2) is 18.2 Å². The van der Waals surface area contributed by atoms with E-state index in [0.717, 1.165) is 31.0 Å². The topological polar surface area (TPSA) is 84.7 Å². The standard InChI is InChI=1S/C15H18F2N6O/c1-2-13(11-7-9(16)3-6-12(11)17)19-15(24)18-8-14-20-21-22-23(14)10-4-5-10/h3,6-7,10,13H,2,4-5,8H2,1H3,(H2,18,19,24)/t13-/m1/s1. The van der Waals surface area contributed by atoms with Crippen LogP contribution in [0.1, 0.15) is 49.7 Å². The fourth-order valence-corrected chi connectivity index (χ4v) is 2.48. The fourth-order valence-electron chi connectivity index (χ4n) is 2.48. The van der Waals surface area contributed by atoms with Gasteiger partial charge in [0.25, 0.3) is 0 Å². The molecule has 1 aliphatic carbocycles. The number of amides is 2. The van der Waals surface area contributed by atoms with E-state index in [9.17, 15) is 13.6 Å². The van der Waals surface area contributed by atoms with Crippen molar-refractivity contribution in [1.29, 1.82) is 0 Å². The highest BCUT2D eigenvalue weighted by Crippen LogP contribution is 2.34. The van der Waals surface area contributed by atoms with Crippen LogP contribution in [-0.2, 0) is 6.54 Å². The van der Waals surface area contributed by atoms with Crippen LogP contribution in [0.3, 0.4) is 0 Å². The number of halogens is 2. The number of carbonyl (C=O) groups excluding carboxylic acids is 1. The highest BCUT2D eigenvalue weighted by atomic mass is 19.1. The van der Waals surface area contributed by atoms with E-state index in [0.29, 0.717) is 18.3 Å². The summed E-state index contributed by atoms with van der Waals surface area (Å²) in [5.74, 6) is -0.533. The first-order valence-electron chi connectivity index (χ1n) is 7.84. The Kier molecular flexibility index (Phi) is 4.68. The maximum Gasteiger partial charge on any atom is 0.315 e. The molecule has 0 spiro atoms. The summed E-state index contributed by atoms with van der Waals surface area (Å²) in [5.41, 5.74) is 0.121. The Hall–Kier alpha value is -2.58. The summed E-state index contributed by atoms with van der Waals surface area (Å²) in [6, 6.07) is 2.39. The average molecular weight is 336 g/mol. The van der Waals surface area contributed by atoms with Gasteiger partial charge >= 0.3 is 6.03 Å². The SMILES string of the molecule is CC[C@@H](NC(=O)NCc1nnnn1C1CC1)c1cc(F)ccc1F. The Balaban J connectivity index is 1.60. The number of nitrogens with zero attached hydrogens (tertiary/aromatic N) is 4. The Bertz CT molecular complexity index is 731. The van der Waals surface area contributed by atoms with E-state index in [-0.39, 0.29) is 12.1 Å². The number of tetrazole rings is 1. The maximum atomic E-state index is 13.8. The lowest BCUT2D eigenvalue weighted by Crippen LogP contribution is -2.38. The zero-order valence-electron chi connectivity index (χ0n) is 13.2. The van der Waals surface area contributed by atoms with E-state index in [1.807, 2.05) is 0 Å². The minimum absolute atomic E-state index is 0.121. The van der Waals surface area contributed by atoms with Crippen molar-refractivity contribution in [3.8, 4) is 0 Å². The molecule has 0 aliphatic heterocycles. The van der Waals surface area contributed by atoms with Gasteiger partial charge in [-0.1, -0.05) is 6.92 Å². The minimum Gasteiger partial charge on any atom is -0.331 e. The van der Waals surface area contributed by atoms with E-state index in [1.165, 1.54) is 0 Å². The van der Waals surface area contributed by atoms with Gasteiger partial charge in [0.15, 0.2) is 5.82 Å². The second-order valence-corrected chi connectivity index (χ2v) is 5.72. The largest absolute Gasteiger partial charge is 0.331 e. The summed E-state index contributed by atoms with van der Waals surface area (Å²) < 4.78 is 28.9. The van der Waals surface area contributed by atoms with Gasteiger partial charge in [0.1, 0.15) is 11.6 Å². The normalized spacial score (nSPS) is 15.1. The summed E-state index contributed by atoms with van der Waals surface area (Å²) in [6.07, 6.45) is 2.48. The van der Waals surface area contributed by atoms with Gasteiger partial charge in [0, 0.05) is 5.56 Å². The number of hydrogen-bond donors (Lipinski definition) is 2. The molecule has 128 valence electrons. The second kappa shape index (κ2) is 6.90. The van der Waals surface area contributed by atoms with Crippen molar-refractivity contribution in [2.75, 3.05) is 0 Å². The van der Waals surface area contributed by atoms with Crippen molar-refractivity contribution in [1.82, 2.24) is 30.8 Å². The van der Waals surface area contributed by atoms with Crippen LogP contribution in [0.5, 0.6) is 0 Å². The molecular weight excluding hydrogens is 318 g/mol. The predicted molar refractivity (Wildman–Crippen MR) is 80.8 cm³/mol. The Morgan fingerprint density at radius 2 is 2.21 bits per heavy atom. The first-order valence-corrected chi connectivity index (χ1v) is 7.84. The molecule has 9 heteroatoms. The number of urea groups is 1. The van der Waals surface area contributed by atoms with Crippen LogP contribution >= 0.6 is 0 Å². The van der Waals surface area contributed by atoms with Gasteiger partial charge < -0.3 is 10.6 Å². The average Bonchev–Trinajstić information content (AvgIpc) is 3.31. The van der Waals surface area contributed by atoms with Crippen molar-refractivity contribution in [3.05, 3.63) is 41.2 Å². The van der Waals surface area contributed by atoms with Crippen molar-refractivity contribution in [2.24, 2.45) is 0 Å². The molecule has 0 unspecified atom stereocenters. The molecule has 1 atom stereocenters. The van der Waals surface area contributed by atoms with E-state index in [4.69, 9.17) is 0 Å². The number of hydrogen-bond acceptors (Lipinski definition) is 4. The summed E-state index contributed by atoms with van der Waals surface area (Å²) in [7, 11) is 0. The molecule has 0 saturated heterocycles. The van der Waals surface area contributed by atoms with Crippen LogP contribution in [0, 0.1) is 11.6 Å². The molecular formula is C15H18F2N6O. The zero-order valence-corrected chi connectivity index (χ0v) is 13.2. The van der Waals surface area contributed by atoms with Crippen molar-refractivity contribution >= 4 is 6.03 Å². The van der Waals surface area contributed by atoms with Crippen LogP contribution in [0.4, 0.5) is 13.6 Å². The molecule has 24 heavy (non-hydrogen) atoms. The maximum absolute atomic E-state index is 13.8. The van der Waals surface area contributed by atoms with Crippen molar-refractivity contribution in [3.63, 3.8) is 0 Å². The molecule has 2 aromatic rings. The van der Waals surface area contributed by atoms with Crippen LogP contribution in [0.25, 0.3) is 0 Å². The van der Waals surface area contributed by atoms with Crippen molar-refractivity contribution in [2.45, 2.75) is 44.8 Å². The molecule has 3 rings (SSSR count). The summed E-state index contributed by atoms with van der Waals surface area (Å²) in [4.78, 5) is 12.1. The van der Waals surface area contributed by atoms with E-state index in [1.54, 1.807) is 11.6 Å². The van der Waals surface area contributed by atoms with Gasteiger partial charge in [-0.2, -0.15) is 0 Å². The molecule has 1 aliphatic rings. The van der Waals surface area contributed by atoms with Gasteiger partial charge in [-0.05, 0) is 47.9 Å². The molecule has 1 saturated carbocycles. The smallest absolute Gasteiger partial charge is 0.315 e. The van der Waals surface area contributed by atoms with Gasteiger partial charge in [-0.25, -0.2) is 18.3 Å². The Morgan fingerprint density at radius 1 is 1.42 bits per heavy atom. The second-order valence-electron chi connectivity index (χ2n) is 5.72. The summed E-state index contributed by atoms with van der Waals surface area (Å²) >= 11 is 0. The summed E-state index contributed by atoms with van der Waals surface area (Å²) in [5, 5.41) is 16.7. The molecule has 1 aromatic heterocycles. The van der Waals surface area contributed by atoms with E-state index >= 15 is 0 Å². The summed E-state index contributed by atoms with van der Waals surface area (Å²) in [6.45, 7) is 1.94. The molecule has 0 bridgehead atoms. The van der Waals surface area contributed by atoms with Gasteiger partial charge in [-0.3, -0.25) is 0 Å². The van der Waals surface area contributed by atoms with Crippen LogP contribution in [0.2, 0.25) is 0 Å². The highest BCUT2D eigenvalue weighted by Gasteiger charge is 2.27. The lowest BCUT2D eigenvalue weighted by molar-refractivity contribution is 0.235. The third-order valence-corrected chi connectivity index (χ3v) is 3.91. The monoisotopic (exact) mass is 336 g/mol. The predicted octanol–water partition coefficient (Wildman–Crippen LogP) is 2.24. The quantitative estimate of drug-likeness (QED) is 0.847. The van der Waals surface area contributed by atoms with Gasteiger partial charge in [0.05, 0.1) is 18.6 Å². The molecule has 7 nitrogen and oxygen atoms in total. The fraction of sp³-hybridized carbons (Fsp3) is 0.467. The third kappa shape index (κ3) is 3.66. The number of rotatable bonds is 6. The first kappa shape index (κ1) is 16.3. The zero-order chi connectivity index (χ0) is 17.1. The number of nitrogens with one attached hydrogen (secondary N) is 2. The van der Waals surface area contributed by atoms with E-state index < -0.39 is 23.7 Å². The van der Waals surface area contributed by atoms with E-state index in [2.05, 4.69) is 26.2 Å².